The molecule has 4 unspecified atom stereocenters. The van der Waals surface area contributed by atoms with E-state index in [4.69, 9.17) is 32.7 Å². The molecule has 1 aliphatic rings. The summed E-state index contributed by atoms with van der Waals surface area (Å²) in [6.07, 6.45) is 2.88. The van der Waals surface area contributed by atoms with E-state index in [1.54, 1.807) is 13.1 Å². The van der Waals surface area contributed by atoms with Crippen LogP contribution in [0.3, 0.4) is 0 Å². The number of benzene rings is 1. The van der Waals surface area contributed by atoms with Crippen LogP contribution in [0, 0.1) is 6.92 Å². The van der Waals surface area contributed by atoms with Gasteiger partial charge >= 0.3 is 6.03 Å². The molecule has 0 aliphatic carbocycles. The Morgan fingerprint density at radius 1 is 1.24 bits per heavy atom. The van der Waals surface area contributed by atoms with Crippen LogP contribution in [-0.2, 0) is 9.53 Å². The number of halogens is 2. The quantitative estimate of drug-likeness (QED) is 0.232. The zero-order valence-corrected chi connectivity index (χ0v) is 20.3. The van der Waals surface area contributed by atoms with Gasteiger partial charge in [-0.1, -0.05) is 53.5 Å². The highest BCUT2D eigenvalue weighted by Crippen LogP contribution is 2.25. The third kappa shape index (κ3) is 5.44. The second-order valence-corrected chi connectivity index (χ2v) is 9.22. The van der Waals surface area contributed by atoms with E-state index >= 15 is 0 Å². The average molecular weight is 507 g/mol. The number of alkyl halides is 2. The number of quaternary nitrogens is 1. The molecule has 4 atom stereocenters. The van der Waals surface area contributed by atoms with E-state index in [9.17, 15) is 9.59 Å². The Morgan fingerprint density at radius 2 is 2.00 bits per heavy atom. The number of rotatable bonds is 6. The van der Waals surface area contributed by atoms with Crippen LogP contribution in [0.5, 0.6) is 5.75 Å². The third-order valence-electron chi connectivity index (χ3n) is 5.59. The Kier molecular flexibility index (Phi) is 7.27. The van der Waals surface area contributed by atoms with Gasteiger partial charge in [-0.25, -0.2) is 14.3 Å². The van der Waals surface area contributed by atoms with E-state index in [-0.39, 0.29) is 11.0 Å². The second kappa shape index (κ2) is 10.2. The zero-order valence-electron chi connectivity index (χ0n) is 18.8. The van der Waals surface area contributed by atoms with Crippen LogP contribution in [0.1, 0.15) is 17.5 Å². The monoisotopic (exact) mass is 506 g/mol. The molecular weight excluding hydrogens is 481 g/mol. The van der Waals surface area contributed by atoms with Crippen molar-refractivity contribution in [1.82, 2.24) is 20.0 Å². The normalized spacial score (nSPS) is 22.1. The maximum absolute atomic E-state index is 13.0. The molecular formula is C23H26Cl2N5O4+. The molecule has 1 aliphatic heterocycles. The largest absolute Gasteiger partial charge is 0.462 e. The number of fused-ring (bicyclic) bond motifs is 1. The molecule has 1 fully saturated rings. The van der Waals surface area contributed by atoms with Crippen molar-refractivity contribution in [3.63, 3.8) is 0 Å². The number of likely N-dealkylation sites (N-methyl/N-ethyl adjacent to an activating group) is 1. The SMILES string of the molecule is Cc1cn2cccc(OC(NC(=O)C(Cl)NC(=O)[N+]3(C)CCOC(Cl)C3)c3ccccc3)c2n1. The van der Waals surface area contributed by atoms with Crippen molar-refractivity contribution in [2.24, 2.45) is 0 Å². The van der Waals surface area contributed by atoms with Gasteiger partial charge in [-0.2, -0.15) is 0 Å². The molecule has 2 aromatic heterocycles. The number of pyridine rings is 1. The maximum Gasteiger partial charge on any atom is 0.418 e. The van der Waals surface area contributed by atoms with Gasteiger partial charge in [0, 0.05) is 18.0 Å². The fourth-order valence-electron chi connectivity index (χ4n) is 3.70. The number of carbonyl (C=O) groups excluding carboxylic acids is 2. The van der Waals surface area contributed by atoms with E-state index in [1.807, 2.05) is 60.1 Å². The molecule has 0 bridgehead atoms. The number of imidazole rings is 1. The minimum absolute atomic E-state index is 0.0372. The van der Waals surface area contributed by atoms with Crippen molar-refractivity contribution < 1.29 is 23.5 Å². The number of carbonyl (C=O) groups is 2. The fraction of sp³-hybridized carbons (Fsp3) is 0.348. The fourth-order valence-corrected chi connectivity index (χ4v) is 4.25. The van der Waals surface area contributed by atoms with Gasteiger partial charge in [-0.3, -0.25) is 10.1 Å². The number of ether oxygens (including phenoxy) is 2. The van der Waals surface area contributed by atoms with E-state index in [0.29, 0.717) is 30.1 Å². The Labute approximate surface area is 207 Å². The Bertz CT molecular complexity index is 1170. The molecule has 180 valence electrons. The molecule has 2 N–H and O–H groups in total. The summed E-state index contributed by atoms with van der Waals surface area (Å²) in [7, 11) is 1.72. The molecule has 4 rings (SSSR count). The lowest BCUT2D eigenvalue weighted by molar-refractivity contribution is -0.841. The first-order valence-electron chi connectivity index (χ1n) is 10.8. The van der Waals surface area contributed by atoms with Crippen LogP contribution in [-0.4, -0.2) is 63.6 Å². The van der Waals surface area contributed by atoms with Gasteiger partial charge in [0.2, 0.25) is 0 Å². The van der Waals surface area contributed by atoms with Crippen LogP contribution < -0.4 is 15.4 Å². The van der Waals surface area contributed by atoms with Gasteiger partial charge in [0.25, 0.3) is 5.91 Å². The van der Waals surface area contributed by atoms with Gasteiger partial charge in [0.15, 0.2) is 28.7 Å². The average Bonchev–Trinajstić information content (AvgIpc) is 3.20. The molecule has 0 saturated carbocycles. The number of hydrogen-bond donors (Lipinski definition) is 2. The topological polar surface area (TPSA) is 94.0 Å². The standard InChI is InChI=1S/C23H25Cl2N5O4/c1-15-13-29-10-6-9-17(20(29)26-15)34-22(16-7-4-3-5-8-16)28-21(31)19(25)27-23(32)30(2)11-12-33-18(24)14-30/h3-10,13,18-19,22H,11-12,14H2,1-2H3,(H-,27,28,31,32)/p+1. The minimum atomic E-state index is -1.32. The molecule has 1 saturated heterocycles. The van der Waals surface area contributed by atoms with Crippen LogP contribution in [0.15, 0.2) is 54.9 Å². The summed E-state index contributed by atoms with van der Waals surface area (Å²) >= 11 is 12.3. The van der Waals surface area contributed by atoms with Gasteiger partial charge in [-0.15, -0.1) is 0 Å². The molecule has 9 nitrogen and oxygen atoms in total. The highest BCUT2D eigenvalue weighted by molar-refractivity contribution is 6.31. The molecule has 3 heterocycles. The predicted molar refractivity (Wildman–Crippen MR) is 128 cm³/mol. The number of nitrogens with one attached hydrogen (secondary N) is 2. The van der Waals surface area contributed by atoms with Gasteiger partial charge in [-0.05, 0) is 19.1 Å². The minimum Gasteiger partial charge on any atom is -0.462 e. The number of amides is 3. The predicted octanol–water partition coefficient (Wildman–Crippen LogP) is 3.15. The van der Waals surface area contributed by atoms with E-state index in [1.165, 1.54) is 0 Å². The Balaban J connectivity index is 1.50. The number of urea groups is 1. The first-order valence-corrected chi connectivity index (χ1v) is 11.6. The van der Waals surface area contributed by atoms with Crippen LogP contribution in [0.2, 0.25) is 0 Å². The van der Waals surface area contributed by atoms with Crippen molar-refractivity contribution in [2.75, 3.05) is 26.7 Å². The second-order valence-electron chi connectivity index (χ2n) is 8.30. The summed E-state index contributed by atoms with van der Waals surface area (Å²) < 4.78 is 13.3. The molecule has 3 aromatic rings. The third-order valence-corrected chi connectivity index (χ3v) is 6.16. The Morgan fingerprint density at radius 3 is 2.74 bits per heavy atom. The number of morpholine rings is 1. The molecule has 11 heteroatoms. The lowest BCUT2D eigenvalue weighted by atomic mass is 10.2. The molecule has 0 spiro atoms. The van der Waals surface area contributed by atoms with Crippen LogP contribution in [0.25, 0.3) is 5.65 Å². The van der Waals surface area contributed by atoms with E-state index < -0.39 is 29.2 Å². The first kappa shape index (κ1) is 24.3. The van der Waals surface area contributed by atoms with Gasteiger partial charge in [0.1, 0.15) is 13.1 Å². The summed E-state index contributed by atoms with van der Waals surface area (Å²) in [4.78, 5) is 30.3. The van der Waals surface area contributed by atoms with Crippen molar-refractivity contribution in [3.8, 4) is 5.75 Å². The lowest BCUT2D eigenvalue weighted by Crippen LogP contribution is -2.63. The Hall–Kier alpha value is -2.85. The van der Waals surface area contributed by atoms with Gasteiger partial charge < -0.3 is 19.2 Å². The summed E-state index contributed by atoms with van der Waals surface area (Å²) in [6, 6.07) is 12.4. The highest BCUT2D eigenvalue weighted by atomic mass is 35.5. The van der Waals surface area contributed by atoms with Crippen molar-refractivity contribution in [3.05, 3.63) is 66.1 Å². The van der Waals surface area contributed by atoms with Crippen LogP contribution >= 0.6 is 23.2 Å². The summed E-state index contributed by atoms with van der Waals surface area (Å²) in [5, 5.41) is 5.34. The summed E-state index contributed by atoms with van der Waals surface area (Å²) in [6.45, 7) is 2.91. The van der Waals surface area contributed by atoms with E-state index in [2.05, 4.69) is 15.6 Å². The molecule has 3 amide bonds. The molecule has 34 heavy (non-hydrogen) atoms. The number of aryl methyl sites for hydroxylation is 1. The summed E-state index contributed by atoms with van der Waals surface area (Å²) in [5.41, 5.74) is 0.244. The summed E-state index contributed by atoms with van der Waals surface area (Å²) in [5.74, 6) is -0.128. The smallest absolute Gasteiger partial charge is 0.418 e. The first-order chi connectivity index (χ1) is 16.2. The number of hydrogen-bond acceptors (Lipinski definition) is 5. The number of aromatic nitrogens is 2. The number of nitrogens with zero attached hydrogens (tertiary/aromatic N) is 3. The van der Waals surface area contributed by atoms with Crippen LogP contribution in [0.4, 0.5) is 4.79 Å². The lowest BCUT2D eigenvalue weighted by Gasteiger charge is -2.36. The zero-order chi connectivity index (χ0) is 24.3. The van der Waals surface area contributed by atoms with Crippen molar-refractivity contribution in [1.29, 1.82) is 0 Å². The maximum atomic E-state index is 13.0. The van der Waals surface area contributed by atoms with Crippen molar-refractivity contribution in [2.45, 2.75) is 24.2 Å². The highest BCUT2D eigenvalue weighted by Gasteiger charge is 2.40. The van der Waals surface area contributed by atoms with Gasteiger partial charge in [0.05, 0.1) is 19.3 Å². The van der Waals surface area contributed by atoms with E-state index in [0.717, 1.165) is 5.69 Å². The molecule has 1 aromatic carbocycles. The van der Waals surface area contributed by atoms with Crippen molar-refractivity contribution >= 4 is 40.8 Å². The molecule has 0 radical (unpaired) electrons.